The van der Waals surface area contributed by atoms with Crippen molar-refractivity contribution in [2.45, 2.75) is 6.92 Å². The van der Waals surface area contributed by atoms with Crippen LogP contribution in [0.15, 0.2) is 48.7 Å². The molecule has 0 aliphatic rings. The molecule has 0 aliphatic carbocycles. The molecule has 2 aromatic heterocycles. The van der Waals surface area contributed by atoms with Gasteiger partial charge in [0.2, 0.25) is 0 Å². The minimum Gasteiger partial charge on any atom is -0.428 e. The summed E-state index contributed by atoms with van der Waals surface area (Å²) in [6.45, 7) is 1.96. The number of aryl methyl sites for hydroxylation is 1. The molecule has 0 spiro atoms. The molecule has 100 valence electrons. The lowest BCUT2D eigenvalue weighted by Gasteiger charge is -2.04. The fourth-order valence-corrected chi connectivity index (χ4v) is 3.18. The summed E-state index contributed by atoms with van der Waals surface area (Å²) in [6.07, 6.45) is 1.84. The van der Waals surface area contributed by atoms with E-state index < -0.39 is 0 Å². The first-order valence-electron chi connectivity index (χ1n) is 6.04. The van der Waals surface area contributed by atoms with Crippen LogP contribution in [0.1, 0.15) is 5.69 Å². The Morgan fingerprint density at radius 1 is 1.10 bits per heavy atom. The lowest BCUT2D eigenvalue weighted by molar-refractivity contribution is 0.472. The quantitative estimate of drug-likeness (QED) is 0.468. The maximum Gasteiger partial charge on any atom is 0.279 e. The van der Waals surface area contributed by atoms with Crippen molar-refractivity contribution in [1.82, 2.24) is 9.97 Å². The van der Waals surface area contributed by atoms with Crippen LogP contribution in [0.3, 0.4) is 0 Å². The third kappa shape index (κ3) is 2.99. The van der Waals surface area contributed by atoms with E-state index in [0.717, 1.165) is 25.6 Å². The molecule has 3 nitrogen and oxygen atoms in total. The average molecular weight is 394 g/mol. The van der Waals surface area contributed by atoms with Gasteiger partial charge in [0.1, 0.15) is 3.70 Å². The standard InChI is InChI=1S/C15H11IN2OS/c1-10-7-8-12(14(16)18-10)19-15-17-9-13(20-15)11-5-3-2-4-6-11/h2-9H,1H3. The van der Waals surface area contributed by atoms with E-state index in [2.05, 4.69) is 44.7 Å². The zero-order valence-corrected chi connectivity index (χ0v) is 13.7. The molecule has 3 aromatic rings. The molecule has 0 saturated carbocycles. The van der Waals surface area contributed by atoms with Crippen LogP contribution < -0.4 is 4.74 Å². The fraction of sp³-hybridized carbons (Fsp3) is 0.0667. The number of hydrogen-bond donors (Lipinski definition) is 0. The second kappa shape index (κ2) is 5.88. The van der Waals surface area contributed by atoms with Crippen LogP contribution >= 0.6 is 33.9 Å². The van der Waals surface area contributed by atoms with Crippen molar-refractivity contribution >= 4 is 33.9 Å². The summed E-state index contributed by atoms with van der Waals surface area (Å²) in [7, 11) is 0. The van der Waals surface area contributed by atoms with Gasteiger partial charge in [-0.15, -0.1) is 0 Å². The first-order chi connectivity index (χ1) is 9.72. The van der Waals surface area contributed by atoms with Crippen molar-refractivity contribution in [2.24, 2.45) is 0 Å². The first-order valence-corrected chi connectivity index (χ1v) is 7.94. The maximum absolute atomic E-state index is 5.80. The number of benzene rings is 1. The van der Waals surface area contributed by atoms with Gasteiger partial charge in [-0.1, -0.05) is 41.7 Å². The van der Waals surface area contributed by atoms with Crippen LogP contribution in [0, 0.1) is 10.6 Å². The van der Waals surface area contributed by atoms with Crippen molar-refractivity contribution in [3.63, 3.8) is 0 Å². The highest BCUT2D eigenvalue weighted by Gasteiger charge is 2.09. The van der Waals surface area contributed by atoms with E-state index in [0.29, 0.717) is 5.19 Å². The SMILES string of the molecule is Cc1ccc(Oc2ncc(-c3ccccc3)s2)c(I)n1. The van der Waals surface area contributed by atoms with Gasteiger partial charge in [0.15, 0.2) is 5.75 Å². The predicted octanol–water partition coefficient (Wildman–Crippen LogP) is 4.91. The average Bonchev–Trinajstić information content (AvgIpc) is 2.92. The number of thiazole rings is 1. The molecular formula is C15H11IN2OS. The molecule has 0 saturated heterocycles. The summed E-state index contributed by atoms with van der Waals surface area (Å²) >= 11 is 3.70. The number of hydrogen-bond acceptors (Lipinski definition) is 4. The molecule has 2 heterocycles. The fourth-order valence-electron chi connectivity index (χ4n) is 1.72. The number of ether oxygens (including phenoxy) is 1. The third-order valence-corrected chi connectivity index (χ3v) is 4.39. The topological polar surface area (TPSA) is 35.0 Å². The van der Waals surface area contributed by atoms with Crippen LogP contribution in [-0.4, -0.2) is 9.97 Å². The van der Waals surface area contributed by atoms with Crippen molar-refractivity contribution in [1.29, 1.82) is 0 Å². The minimum absolute atomic E-state index is 0.632. The van der Waals surface area contributed by atoms with E-state index >= 15 is 0 Å². The summed E-state index contributed by atoms with van der Waals surface area (Å²) in [4.78, 5) is 9.78. The van der Waals surface area contributed by atoms with Crippen LogP contribution in [0.25, 0.3) is 10.4 Å². The summed E-state index contributed by atoms with van der Waals surface area (Å²) in [5, 5.41) is 0.632. The molecular weight excluding hydrogens is 383 g/mol. The molecule has 0 atom stereocenters. The molecule has 20 heavy (non-hydrogen) atoms. The molecule has 0 radical (unpaired) electrons. The van der Waals surface area contributed by atoms with Gasteiger partial charge in [-0.25, -0.2) is 9.97 Å². The number of nitrogens with zero attached hydrogens (tertiary/aromatic N) is 2. The highest BCUT2D eigenvalue weighted by atomic mass is 127. The van der Waals surface area contributed by atoms with Gasteiger partial charge < -0.3 is 4.74 Å². The molecule has 1 aromatic carbocycles. The zero-order chi connectivity index (χ0) is 13.9. The van der Waals surface area contributed by atoms with Crippen LogP contribution in [0.5, 0.6) is 10.9 Å². The van der Waals surface area contributed by atoms with E-state index in [1.165, 1.54) is 11.3 Å². The van der Waals surface area contributed by atoms with Crippen LogP contribution in [0.2, 0.25) is 0 Å². The Bertz CT molecular complexity index is 728. The van der Waals surface area contributed by atoms with Gasteiger partial charge in [-0.05, 0) is 47.2 Å². The number of aromatic nitrogens is 2. The van der Waals surface area contributed by atoms with E-state index in [-0.39, 0.29) is 0 Å². The molecule has 5 heteroatoms. The van der Waals surface area contributed by atoms with Crippen molar-refractivity contribution < 1.29 is 4.74 Å². The summed E-state index contributed by atoms with van der Waals surface area (Å²) in [5.74, 6) is 0.741. The third-order valence-electron chi connectivity index (χ3n) is 2.69. The predicted molar refractivity (Wildman–Crippen MR) is 89.3 cm³/mol. The summed E-state index contributed by atoms with van der Waals surface area (Å²) < 4.78 is 6.65. The van der Waals surface area contributed by atoms with E-state index in [1.807, 2.05) is 43.5 Å². The van der Waals surface area contributed by atoms with E-state index in [9.17, 15) is 0 Å². The molecule has 3 rings (SSSR count). The smallest absolute Gasteiger partial charge is 0.279 e. The Hall–Kier alpha value is -1.47. The molecule has 0 aliphatic heterocycles. The van der Waals surface area contributed by atoms with Gasteiger partial charge in [0, 0.05) is 11.9 Å². The van der Waals surface area contributed by atoms with Crippen molar-refractivity contribution in [3.05, 3.63) is 58.1 Å². The minimum atomic E-state index is 0.632. The van der Waals surface area contributed by atoms with E-state index in [4.69, 9.17) is 4.74 Å². The molecule has 0 N–H and O–H groups in total. The lowest BCUT2D eigenvalue weighted by Crippen LogP contribution is -1.91. The maximum atomic E-state index is 5.80. The highest BCUT2D eigenvalue weighted by Crippen LogP contribution is 2.33. The zero-order valence-electron chi connectivity index (χ0n) is 10.7. The molecule has 0 fully saturated rings. The Kier molecular flexibility index (Phi) is 3.98. The largest absolute Gasteiger partial charge is 0.428 e. The van der Waals surface area contributed by atoms with Crippen LogP contribution in [0.4, 0.5) is 0 Å². The number of rotatable bonds is 3. The Morgan fingerprint density at radius 3 is 2.65 bits per heavy atom. The second-order valence-electron chi connectivity index (χ2n) is 4.20. The number of halogens is 1. The van der Waals surface area contributed by atoms with Gasteiger partial charge in [0.05, 0.1) is 4.88 Å². The first kappa shape index (κ1) is 13.5. The van der Waals surface area contributed by atoms with Crippen molar-refractivity contribution in [2.75, 3.05) is 0 Å². The van der Waals surface area contributed by atoms with Gasteiger partial charge >= 0.3 is 0 Å². The normalized spacial score (nSPS) is 10.5. The Morgan fingerprint density at radius 2 is 1.90 bits per heavy atom. The monoisotopic (exact) mass is 394 g/mol. The Labute approximate surface area is 134 Å². The number of pyridine rings is 1. The molecule has 0 unspecified atom stereocenters. The summed E-state index contributed by atoms with van der Waals surface area (Å²) in [6, 6.07) is 14.0. The van der Waals surface area contributed by atoms with E-state index in [1.54, 1.807) is 0 Å². The summed E-state index contributed by atoms with van der Waals surface area (Å²) in [5.41, 5.74) is 2.13. The second-order valence-corrected chi connectivity index (χ2v) is 6.22. The van der Waals surface area contributed by atoms with Crippen LogP contribution in [-0.2, 0) is 0 Å². The van der Waals surface area contributed by atoms with Gasteiger partial charge in [-0.3, -0.25) is 0 Å². The highest BCUT2D eigenvalue weighted by molar-refractivity contribution is 14.1. The van der Waals surface area contributed by atoms with Gasteiger partial charge in [0.25, 0.3) is 5.19 Å². The molecule has 0 bridgehead atoms. The lowest BCUT2D eigenvalue weighted by atomic mass is 10.2. The van der Waals surface area contributed by atoms with Crippen molar-refractivity contribution in [3.8, 4) is 21.4 Å². The van der Waals surface area contributed by atoms with Gasteiger partial charge in [-0.2, -0.15) is 0 Å². The molecule has 0 amide bonds. The Balaban J connectivity index is 1.84.